The van der Waals surface area contributed by atoms with Crippen molar-refractivity contribution in [2.45, 2.75) is 12.5 Å². The van der Waals surface area contributed by atoms with Crippen LogP contribution >= 0.6 is 0 Å². The van der Waals surface area contributed by atoms with Crippen LogP contribution in [0.1, 0.15) is 28.5 Å². The van der Waals surface area contributed by atoms with Crippen molar-refractivity contribution in [2.24, 2.45) is 7.05 Å². The van der Waals surface area contributed by atoms with E-state index in [1.165, 1.54) is 6.20 Å². The van der Waals surface area contributed by atoms with Gasteiger partial charge in [0.2, 0.25) is 0 Å². The van der Waals surface area contributed by atoms with Crippen molar-refractivity contribution in [3.8, 4) is 0 Å². The third-order valence-electron chi connectivity index (χ3n) is 3.23. The number of aromatic carboxylic acids is 1. The van der Waals surface area contributed by atoms with Crippen LogP contribution < -0.4 is 5.32 Å². The van der Waals surface area contributed by atoms with E-state index in [4.69, 9.17) is 5.11 Å². The summed E-state index contributed by atoms with van der Waals surface area (Å²) in [6, 6.07) is 1.96. The van der Waals surface area contributed by atoms with Gasteiger partial charge in [-0.25, -0.2) is 9.48 Å². The summed E-state index contributed by atoms with van der Waals surface area (Å²) >= 11 is 0. The number of rotatable bonds is 2. The Hall–Kier alpha value is -2.31. The number of hydrogen-bond acceptors (Lipinski definition) is 4. The molecule has 7 nitrogen and oxygen atoms in total. The highest BCUT2D eigenvalue weighted by molar-refractivity contribution is 5.93. The Kier molecular flexibility index (Phi) is 2.32. The van der Waals surface area contributed by atoms with Gasteiger partial charge in [0.05, 0.1) is 17.9 Å². The standard InChI is InChI=1S/C11H13N5O2/c1-15-8(3-5-13-15)9-2-4-12-10-7(11(17)18)6-14-16(9)10/h3,5-6,9,12H,2,4H2,1H3,(H,17,18). The molecule has 0 saturated carbocycles. The third kappa shape index (κ3) is 1.47. The zero-order valence-electron chi connectivity index (χ0n) is 9.87. The van der Waals surface area contributed by atoms with Gasteiger partial charge >= 0.3 is 5.97 Å². The minimum absolute atomic E-state index is 0.0295. The van der Waals surface area contributed by atoms with E-state index in [1.807, 2.05) is 13.1 Å². The molecule has 1 aliphatic heterocycles. The van der Waals surface area contributed by atoms with Crippen LogP contribution in [0.4, 0.5) is 5.82 Å². The number of nitrogens with zero attached hydrogens (tertiary/aromatic N) is 4. The highest BCUT2D eigenvalue weighted by Gasteiger charge is 2.28. The van der Waals surface area contributed by atoms with Crippen LogP contribution in [0.15, 0.2) is 18.5 Å². The SMILES string of the molecule is Cn1nccc1C1CCNc2c(C(=O)O)cnn21. The van der Waals surface area contributed by atoms with Crippen molar-refractivity contribution in [1.82, 2.24) is 19.6 Å². The van der Waals surface area contributed by atoms with Gasteiger partial charge in [-0.1, -0.05) is 0 Å². The minimum atomic E-state index is -0.964. The zero-order chi connectivity index (χ0) is 12.7. The molecule has 3 rings (SSSR count). The second-order valence-electron chi connectivity index (χ2n) is 4.27. The van der Waals surface area contributed by atoms with Crippen molar-refractivity contribution in [1.29, 1.82) is 0 Å². The predicted octanol–water partition coefficient (Wildman–Crippen LogP) is 0.720. The first-order valence-corrected chi connectivity index (χ1v) is 5.71. The van der Waals surface area contributed by atoms with E-state index in [0.29, 0.717) is 5.82 Å². The Morgan fingerprint density at radius 3 is 3.06 bits per heavy atom. The molecule has 0 fully saturated rings. The molecule has 0 saturated heterocycles. The van der Waals surface area contributed by atoms with Crippen molar-refractivity contribution in [3.05, 3.63) is 29.7 Å². The topological polar surface area (TPSA) is 85.0 Å². The minimum Gasteiger partial charge on any atom is -0.477 e. The maximum absolute atomic E-state index is 11.1. The average Bonchev–Trinajstić information content (AvgIpc) is 2.94. The Labute approximate surface area is 103 Å². The molecule has 3 heterocycles. The highest BCUT2D eigenvalue weighted by atomic mass is 16.4. The van der Waals surface area contributed by atoms with E-state index >= 15 is 0 Å². The van der Waals surface area contributed by atoms with E-state index in [-0.39, 0.29) is 11.6 Å². The third-order valence-corrected chi connectivity index (χ3v) is 3.23. The monoisotopic (exact) mass is 247 g/mol. The molecule has 0 bridgehead atoms. The first-order chi connectivity index (χ1) is 8.68. The quantitative estimate of drug-likeness (QED) is 0.816. The molecule has 1 unspecified atom stereocenters. The van der Waals surface area contributed by atoms with E-state index in [1.54, 1.807) is 15.6 Å². The predicted molar refractivity (Wildman–Crippen MR) is 63.6 cm³/mol. The molecule has 18 heavy (non-hydrogen) atoms. The first-order valence-electron chi connectivity index (χ1n) is 5.71. The van der Waals surface area contributed by atoms with Crippen LogP contribution in [0.3, 0.4) is 0 Å². The van der Waals surface area contributed by atoms with Crippen LogP contribution in [-0.2, 0) is 7.05 Å². The fraction of sp³-hybridized carbons (Fsp3) is 0.364. The van der Waals surface area contributed by atoms with Crippen molar-refractivity contribution >= 4 is 11.8 Å². The van der Waals surface area contributed by atoms with Crippen LogP contribution in [-0.4, -0.2) is 37.2 Å². The summed E-state index contributed by atoms with van der Waals surface area (Å²) in [5.41, 5.74) is 1.24. The summed E-state index contributed by atoms with van der Waals surface area (Å²) in [6.45, 7) is 0.724. The van der Waals surface area contributed by atoms with Gasteiger partial charge in [-0.3, -0.25) is 4.68 Å². The Bertz CT molecular complexity index is 600. The molecule has 0 aliphatic carbocycles. The molecular formula is C11H13N5O2. The second-order valence-corrected chi connectivity index (χ2v) is 4.27. The lowest BCUT2D eigenvalue weighted by Crippen LogP contribution is -2.26. The Morgan fingerprint density at radius 1 is 1.56 bits per heavy atom. The molecule has 1 atom stereocenters. The van der Waals surface area contributed by atoms with Gasteiger partial charge in [-0.15, -0.1) is 0 Å². The molecule has 0 radical (unpaired) electrons. The summed E-state index contributed by atoms with van der Waals surface area (Å²) in [5, 5.41) is 20.5. The summed E-state index contributed by atoms with van der Waals surface area (Å²) in [7, 11) is 1.87. The fourth-order valence-corrected chi connectivity index (χ4v) is 2.36. The summed E-state index contributed by atoms with van der Waals surface area (Å²) < 4.78 is 3.52. The molecule has 0 spiro atoms. The van der Waals surface area contributed by atoms with E-state index < -0.39 is 5.97 Å². The van der Waals surface area contributed by atoms with Gasteiger partial charge in [-0.2, -0.15) is 10.2 Å². The molecule has 94 valence electrons. The lowest BCUT2D eigenvalue weighted by atomic mass is 10.1. The number of aromatic nitrogens is 4. The van der Waals surface area contributed by atoms with Crippen molar-refractivity contribution in [3.63, 3.8) is 0 Å². The summed E-state index contributed by atoms with van der Waals surface area (Å²) in [6.07, 6.45) is 3.98. The molecular weight excluding hydrogens is 234 g/mol. The van der Waals surface area contributed by atoms with E-state index in [0.717, 1.165) is 18.7 Å². The molecule has 2 aromatic heterocycles. The summed E-state index contributed by atoms with van der Waals surface area (Å²) in [4.78, 5) is 11.1. The fourth-order valence-electron chi connectivity index (χ4n) is 2.36. The smallest absolute Gasteiger partial charge is 0.341 e. The normalized spacial score (nSPS) is 18.2. The number of carboxylic acids is 1. The zero-order valence-corrected chi connectivity index (χ0v) is 9.87. The van der Waals surface area contributed by atoms with Gasteiger partial charge < -0.3 is 10.4 Å². The lowest BCUT2D eigenvalue weighted by Gasteiger charge is -2.26. The van der Waals surface area contributed by atoms with Gasteiger partial charge in [0, 0.05) is 19.8 Å². The Morgan fingerprint density at radius 2 is 2.39 bits per heavy atom. The van der Waals surface area contributed by atoms with Crippen molar-refractivity contribution in [2.75, 3.05) is 11.9 Å². The van der Waals surface area contributed by atoms with Gasteiger partial charge in [-0.05, 0) is 12.5 Å². The van der Waals surface area contributed by atoms with Gasteiger partial charge in [0.25, 0.3) is 0 Å². The molecule has 7 heteroatoms. The largest absolute Gasteiger partial charge is 0.477 e. The molecule has 0 amide bonds. The maximum Gasteiger partial charge on any atom is 0.341 e. The number of fused-ring (bicyclic) bond motifs is 1. The molecule has 2 aromatic rings. The van der Waals surface area contributed by atoms with Crippen LogP contribution in [0.5, 0.6) is 0 Å². The first kappa shape index (κ1) is 10.8. The van der Waals surface area contributed by atoms with Gasteiger partial charge in [0.15, 0.2) is 0 Å². The number of nitrogens with one attached hydrogen (secondary N) is 1. The number of aryl methyl sites for hydroxylation is 1. The van der Waals surface area contributed by atoms with E-state index in [2.05, 4.69) is 15.5 Å². The van der Waals surface area contributed by atoms with Gasteiger partial charge in [0.1, 0.15) is 11.4 Å². The molecule has 1 aliphatic rings. The second kappa shape index (κ2) is 3.86. The van der Waals surface area contributed by atoms with Crippen molar-refractivity contribution < 1.29 is 9.90 Å². The maximum atomic E-state index is 11.1. The van der Waals surface area contributed by atoms with Crippen LogP contribution in [0.25, 0.3) is 0 Å². The number of carbonyl (C=O) groups is 1. The number of carboxylic acid groups (broad SMARTS) is 1. The molecule has 0 aromatic carbocycles. The van der Waals surface area contributed by atoms with Crippen LogP contribution in [0.2, 0.25) is 0 Å². The number of hydrogen-bond donors (Lipinski definition) is 2. The van der Waals surface area contributed by atoms with Crippen LogP contribution in [0, 0.1) is 0 Å². The lowest BCUT2D eigenvalue weighted by molar-refractivity contribution is 0.0697. The average molecular weight is 247 g/mol. The van der Waals surface area contributed by atoms with E-state index in [9.17, 15) is 4.79 Å². The summed E-state index contributed by atoms with van der Waals surface area (Å²) in [5.74, 6) is -0.394. The Balaban J connectivity index is 2.08. The highest BCUT2D eigenvalue weighted by Crippen LogP contribution is 2.30. The molecule has 2 N–H and O–H groups in total. The number of anilines is 1.